The molecule has 1 fully saturated rings. The zero-order valence-electron chi connectivity index (χ0n) is 24.2. The average Bonchev–Trinajstić information content (AvgIpc) is 3.43. The van der Waals surface area contributed by atoms with Gasteiger partial charge in [-0.2, -0.15) is 15.1 Å². The van der Waals surface area contributed by atoms with Crippen molar-refractivity contribution in [2.75, 3.05) is 31.1 Å². The predicted octanol–water partition coefficient (Wildman–Crippen LogP) is 1.30. The van der Waals surface area contributed by atoms with Crippen molar-refractivity contribution in [2.45, 2.75) is 50.3 Å². The molecule has 2 aromatic heterocycles. The Morgan fingerprint density at radius 1 is 1.27 bits per heavy atom. The van der Waals surface area contributed by atoms with Crippen molar-refractivity contribution in [3.63, 3.8) is 0 Å². The normalized spacial score (nSPS) is 23.8. The number of carbonyl (C=O) groups is 1. The first-order valence-electron chi connectivity index (χ1n) is 12.9. The van der Waals surface area contributed by atoms with Crippen molar-refractivity contribution in [3.8, 4) is 5.75 Å². The maximum absolute atomic E-state index is 13.9. The number of esters is 1. The van der Waals surface area contributed by atoms with E-state index in [4.69, 9.17) is 35.9 Å². The van der Waals surface area contributed by atoms with Gasteiger partial charge in [0.1, 0.15) is 34.7 Å². The zero-order chi connectivity index (χ0) is 32.7. The third-order valence-electron chi connectivity index (χ3n) is 6.51. The van der Waals surface area contributed by atoms with Crippen molar-refractivity contribution in [2.24, 2.45) is 0 Å². The number of nitrogen functional groups attached to an aromatic ring is 1. The smallest absolute Gasteiger partial charge is 0.459 e. The van der Waals surface area contributed by atoms with Gasteiger partial charge in [-0.25, -0.2) is 13.0 Å². The van der Waals surface area contributed by atoms with Gasteiger partial charge in [-0.15, -0.1) is 4.83 Å². The molecule has 3 unspecified atom stereocenters. The lowest BCUT2D eigenvalue weighted by Crippen LogP contribution is -2.47. The van der Waals surface area contributed by atoms with Gasteiger partial charge in [0.05, 0.1) is 25.4 Å². The highest BCUT2D eigenvalue weighted by Crippen LogP contribution is 2.48. The Bertz CT molecular complexity index is 1690. The number of methoxy groups -OCH3 is 1. The second kappa shape index (κ2) is 12.4. The molecule has 0 radical (unpaired) electrons. The Kier molecular flexibility index (Phi) is 9.52. The third-order valence-corrected chi connectivity index (χ3v) is 9.01. The van der Waals surface area contributed by atoms with Crippen LogP contribution in [0.3, 0.4) is 0 Å². The molecule has 5 atom stereocenters. The molecule has 1 aliphatic rings. The van der Waals surface area contributed by atoms with E-state index >= 15 is 0 Å². The van der Waals surface area contributed by atoms with Gasteiger partial charge in [0.15, 0.2) is 12.0 Å². The lowest BCUT2D eigenvalue weighted by molar-refractivity contribution is -0.146. The number of aliphatic hydroxyl groups is 2. The monoisotopic (exact) mass is 677 g/mol. The molecule has 17 nitrogen and oxygen atoms in total. The summed E-state index contributed by atoms with van der Waals surface area (Å²) in [4.78, 5) is 22.6. The number of nitrogens with zero attached hydrogens (tertiary/aromatic N) is 3. The number of halogens is 1. The third kappa shape index (κ3) is 7.42. The quantitative estimate of drug-likeness (QED) is 0.0899. The lowest BCUT2D eigenvalue weighted by Gasteiger charge is -2.29. The molecule has 0 spiro atoms. The SMILES string of the molecule is COC(=O)C(C)(C)NP(=O)(OCC1OC(n2ccc3c(NNS(C)(=O)=O)nc(N)nc32)[C@](C)(O)[C@@H]1O)Oc1ccc(Cl)cc1. The minimum atomic E-state index is -4.39. The van der Waals surface area contributed by atoms with E-state index in [2.05, 4.69) is 25.3 Å². The number of fused-ring (bicyclic) bond motifs is 1. The Balaban J connectivity index is 1.60. The van der Waals surface area contributed by atoms with Crippen LogP contribution in [0.1, 0.15) is 27.0 Å². The summed E-state index contributed by atoms with van der Waals surface area (Å²) >= 11 is 5.93. The number of nitrogens with one attached hydrogen (secondary N) is 3. The molecule has 7 N–H and O–H groups in total. The summed E-state index contributed by atoms with van der Waals surface area (Å²) in [6.07, 6.45) is -1.75. The molecule has 1 aliphatic heterocycles. The molecule has 44 heavy (non-hydrogen) atoms. The number of hydrazine groups is 1. The van der Waals surface area contributed by atoms with Crippen LogP contribution in [0.15, 0.2) is 36.5 Å². The molecule has 3 heterocycles. The first kappa shape index (κ1) is 33.8. The number of aliphatic hydroxyl groups excluding tert-OH is 1. The fourth-order valence-corrected chi connectivity index (χ4v) is 6.47. The summed E-state index contributed by atoms with van der Waals surface area (Å²) in [6.45, 7) is 3.54. The van der Waals surface area contributed by atoms with Gasteiger partial charge in [0, 0.05) is 11.2 Å². The number of nitrogens with two attached hydrogens (primary N) is 1. The number of hydrogen-bond donors (Lipinski definition) is 6. The van der Waals surface area contributed by atoms with Gasteiger partial charge >= 0.3 is 13.7 Å². The molecule has 0 bridgehead atoms. The number of anilines is 2. The summed E-state index contributed by atoms with van der Waals surface area (Å²) in [7, 11) is -6.89. The van der Waals surface area contributed by atoms with Gasteiger partial charge in [-0.05, 0) is 51.1 Å². The van der Waals surface area contributed by atoms with Crippen LogP contribution < -0.4 is 25.6 Å². The molecule has 4 rings (SSSR count). The summed E-state index contributed by atoms with van der Waals surface area (Å²) in [5.41, 5.74) is 4.93. The van der Waals surface area contributed by atoms with Crippen LogP contribution in [-0.4, -0.2) is 82.5 Å². The van der Waals surface area contributed by atoms with Crippen molar-refractivity contribution < 1.29 is 46.5 Å². The number of aromatic nitrogens is 3. The molecule has 1 saturated heterocycles. The Hall–Kier alpha value is -3.06. The highest BCUT2D eigenvalue weighted by atomic mass is 35.5. The molecule has 3 aromatic rings. The Morgan fingerprint density at radius 3 is 2.55 bits per heavy atom. The van der Waals surface area contributed by atoms with Crippen molar-refractivity contribution in [1.82, 2.24) is 24.5 Å². The van der Waals surface area contributed by atoms with Crippen LogP contribution in [-0.2, 0) is 33.4 Å². The van der Waals surface area contributed by atoms with Gasteiger partial charge in [0.25, 0.3) is 0 Å². The molecule has 0 amide bonds. The van der Waals surface area contributed by atoms with E-state index in [0.29, 0.717) is 10.4 Å². The lowest BCUT2D eigenvalue weighted by atomic mass is 9.96. The summed E-state index contributed by atoms with van der Waals surface area (Å²) in [5.74, 6) is -0.876. The van der Waals surface area contributed by atoms with Crippen LogP contribution in [0.2, 0.25) is 5.02 Å². The van der Waals surface area contributed by atoms with Crippen LogP contribution >= 0.6 is 19.3 Å². The Labute approximate surface area is 257 Å². The van der Waals surface area contributed by atoms with Crippen LogP contribution in [0.4, 0.5) is 11.8 Å². The molecule has 0 aliphatic carbocycles. The second-order valence-corrected chi connectivity index (χ2v) is 14.5. The molecule has 242 valence electrons. The Morgan fingerprint density at radius 2 is 1.93 bits per heavy atom. The largest absolute Gasteiger partial charge is 0.468 e. The first-order chi connectivity index (χ1) is 20.3. The summed E-state index contributed by atoms with van der Waals surface area (Å²) in [5, 5.41) is 25.6. The number of benzene rings is 1. The van der Waals surface area contributed by atoms with E-state index in [1.54, 1.807) is 0 Å². The number of rotatable bonds is 12. The van der Waals surface area contributed by atoms with Crippen molar-refractivity contribution in [3.05, 3.63) is 41.6 Å². The van der Waals surface area contributed by atoms with Gasteiger partial charge in [0.2, 0.25) is 16.0 Å². The summed E-state index contributed by atoms with van der Waals surface area (Å²) in [6, 6.07) is 7.38. The van der Waals surface area contributed by atoms with Crippen LogP contribution in [0.5, 0.6) is 5.75 Å². The van der Waals surface area contributed by atoms with E-state index in [0.717, 1.165) is 13.4 Å². The van der Waals surface area contributed by atoms with Crippen LogP contribution in [0, 0.1) is 0 Å². The second-order valence-electron chi connectivity index (χ2n) is 10.7. The highest BCUT2D eigenvalue weighted by molar-refractivity contribution is 7.88. The van der Waals surface area contributed by atoms with E-state index < -0.39 is 59.9 Å². The standard InChI is InChI=1S/C24H33ClN7O10PS/c1-23(2,21(34)39-4)30-43(36,42-14-8-6-13(25)7-9-14)40-12-16-17(33)24(3,35)20(41-16)32-11-10-15-18(29-31-44(5,37)38)27-22(26)28-19(15)32/h6-11,16-17,20,31,33,35H,12H2,1-5H3,(H,30,36)(H3,26,27,28,29)/t16?,17-,20?,24-,43?/m1/s1. The molecular weight excluding hydrogens is 645 g/mol. The number of ether oxygens (including phenoxy) is 2. The van der Waals surface area contributed by atoms with Crippen molar-refractivity contribution in [1.29, 1.82) is 0 Å². The van der Waals surface area contributed by atoms with Gasteiger partial charge in [-0.3, -0.25) is 14.7 Å². The van der Waals surface area contributed by atoms with Crippen LogP contribution in [0.25, 0.3) is 11.0 Å². The molecule has 20 heteroatoms. The van der Waals surface area contributed by atoms with Gasteiger partial charge < -0.3 is 34.5 Å². The topological polar surface area (TPSA) is 238 Å². The minimum absolute atomic E-state index is 0.0225. The van der Waals surface area contributed by atoms with Gasteiger partial charge in [-0.1, -0.05) is 11.6 Å². The zero-order valence-corrected chi connectivity index (χ0v) is 26.7. The number of sulfonamides is 1. The first-order valence-corrected chi connectivity index (χ1v) is 16.7. The fraction of sp³-hybridized carbons (Fsp3) is 0.458. The number of hydrogen-bond acceptors (Lipinski definition) is 14. The van der Waals surface area contributed by atoms with E-state index in [-0.39, 0.29) is 23.2 Å². The highest BCUT2D eigenvalue weighted by Gasteiger charge is 2.54. The molecular formula is C24H33ClN7O10PS. The van der Waals surface area contributed by atoms with E-state index in [1.165, 1.54) is 61.9 Å². The predicted molar refractivity (Wildman–Crippen MR) is 159 cm³/mol. The maximum Gasteiger partial charge on any atom is 0.459 e. The summed E-state index contributed by atoms with van der Waals surface area (Å²) < 4.78 is 60.5. The minimum Gasteiger partial charge on any atom is -0.468 e. The van der Waals surface area contributed by atoms with Crippen molar-refractivity contribution >= 4 is 58.1 Å². The number of carbonyl (C=O) groups excluding carboxylic acids is 1. The average molecular weight is 678 g/mol. The van der Waals surface area contributed by atoms with E-state index in [9.17, 15) is 28.0 Å². The molecule has 1 aromatic carbocycles. The fourth-order valence-electron chi connectivity index (χ4n) is 4.38. The molecule has 0 saturated carbocycles. The van der Waals surface area contributed by atoms with E-state index in [1.807, 2.05) is 0 Å². The maximum atomic E-state index is 13.9.